The van der Waals surface area contributed by atoms with E-state index in [2.05, 4.69) is 17.3 Å². The number of hydrogen-bond acceptors (Lipinski definition) is 3. The third-order valence-corrected chi connectivity index (χ3v) is 3.13. The van der Waals surface area contributed by atoms with E-state index >= 15 is 0 Å². The molecule has 4 heteroatoms. The first-order valence-electron chi connectivity index (χ1n) is 5.73. The standard InChI is InChI=1S/C11H23N3O/c1-8(2)10(6-12)11(15)13-9-4-5-14(3)7-9/h8-10H,4-7,12H2,1-3H3,(H,13,15). The maximum atomic E-state index is 11.9. The van der Waals surface area contributed by atoms with Crippen molar-refractivity contribution in [2.24, 2.45) is 17.6 Å². The van der Waals surface area contributed by atoms with Crippen molar-refractivity contribution in [3.05, 3.63) is 0 Å². The summed E-state index contributed by atoms with van der Waals surface area (Å²) < 4.78 is 0. The van der Waals surface area contributed by atoms with E-state index in [1.165, 1.54) is 0 Å². The molecule has 1 saturated heterocycles. The van der Waals surface area contributed by atoms with E-state index in [-0.39, 0.29) is 11.8 Å². The Kier molecular flexibility index (Phi) is 4.54. The first-order valence-corrected chi connectivity index (χ1v) is 5.73. The van der Waals surface area contributed by atoms with Crippen LogP contribution in [0.25, 0.3) is 0 Å². The van der Waals surface area contributed by atoms with Crippen molar-refractivity contribution in [3.63, 3.8) is 0 Å². The Hall–Kier alpha value is -0.610. The van der Waals surface area contributed by atoms with Crippen LogP contribution in [0, 0.1) is 11.8 Å². The Balaban J connectivity index is 2.40. The molecule has 1 aliphatic heterocycles. The van der Waals surface area contributed by atoms with Crippen molar-refractivity contribution in [1.29, 1.82) is 0 Å². The van der Waals surface area contributed by atoms with Crippen LogP contribution >= 0.6 is 0 Å². The lowest BCUT2D eigenvalue weighted by Crippen LogP contribution is -2.44. The van der Waals surface area contributed by atoms with Crippen LogP contribution < -0.4 is 11.1 Å². The third kappa shape index (κ3) is 3.47. The normalized spacial score (nSPS) is 24.5. The monoisotopic (exact) mass is 213 g/mol. The smallest absolute Gasteiger partial charge is 0.224 e. The number of nitrogens with one attached hydrogen (secondary N) is 1. The van der Waals surface area contributed by atoms with E-state index in [1.54, 1.807) is 0 Å². The SMILES string of the molecule is CC(C)C(CN)C(=O)NC1CCN(C)C1. The van der Waals surface area contributed by atoms with Gasteiger partial charge in [0.2, 0.25) is 5.91 Å². The summed E-state index contributed by atoms with van der Waals surface area (Å²) in [5.41, 5.74) is 5.60. The van der Waals surface area contributed by atoms with Gasteiger partial charge in [0.25, 0.3) is 0 Å². The Morgan fingerprint density at radius 2 is 2.27 bits per heavy atom. The molecular formula is C11H23N3O. The molecule has 0 bridgehead atoms. The number of carbonyl (C=O) groups is 1. The van der Waals surface area contributed by atoms with Gasteiger partial charge in [-0.25, -0.2) is 0 Å². The first kappa shape index (κ1) is 12.5. The van der Waals surface area contributed by atoms with E-state index in [4.69, 9.17) is 5.73 Å². The quantitative estimate of drug-likeness (QED) is 0.693. The van der Waals surface area contributed by atoms with Gasteiger partial charge in [-0.15, -0.1) is 0 Å². The molecule has 0 aromatic rings. The van der Waals surface area contributed by atoms with Gasteiger partial charge in [-0.2, -0.15) is 0 Å². The number of hydrogen-bond donors (Lipinski definition) is 2. The topological polar surface area (TPSA) is 58.4 Å². The van der Waals surface area contributed by atoms with Crippen molar-refractivity contribution in [3.8, 4) is 0 Å². The summed E-state index contributed by atoms with van der Waals surface area (Å²) in [5, 5.41) is 3.08. The lowest BCUT2D eigenvalue weighted by atomic mass is 9.95. The molecule has 0 radical (unpaired) electrons. The molecule has 0 aliphatic carbocycles. The van der Waals surface area contributed by atoms with Crippen molar-refractivity contribution >= 4 is 5.91 Å². The summed E-state index contributed by atoms with van der Waals surface area (Å²) in [6.07, 6.45) is 1.05. The minimum atomic E-state index is -0.0455. The second-order valence-electron chi connectivity index (χ2n) is 4.84. The maximum absolute atomic E-state index is 11.9. The molecule has 1 amide bonds. The molecule has 2 unspecified atom stereocenters. The second kappa shape index (κ2) is 5.47. The average Bonchev–Trinajstić information content (AvgIpc) is 2.51. The number of amides is 1. The maximum Gasteiger partial charge on any atom is 0.224 e. The minimum absolute atomic E-state index is 0.0455. The lowest BCUT2D eigenvalue weighted by Gasteiger charge is -2.21. The molecular weight excluding hydrogens is 190 g/mol. The van der Waals surface area contributed by atoms with Gasteiger partial charge in [0, 0.05) is 19.1 Å². The highest BCUT2D eigenvalue weighted by molar-refractivity contribution is 5.79. The number of nitrogens with two attached hydrogens (primary N) is 1. The van der Waals surface area contributed by atoms with E-state index < -0.39 is 0 Å². The van der Waals surface area contributed by atoms with E-state index in [1.807, 2.05) is 13.8 Å². The molecule has 1 rings (SSSR count). The van der Waals surface area contributed by atoms with Gasteiger partial charge in [-0.05, 0) is 25.9 Å². The number of nitrogens with zero attached hydrogens (tertiary/aromatic N) is 1. The molecule has 1 fully saturated rings. The Morgan fingerprint density at radius 3 is 2.67 bits per heavy atom. The van der Waals surface area contributed by atoms with E-state index in [0.29, 0.717) is 18.5 Å². The van der Waals surface area contributed by atoms with Gasteiger partial charge < -0.3 is 16.0 Å². The highest BCUT2D eigenvalue weighted by atomic mass is 16.2. The van der Waals surface area contributed by atoms with Crippen molar-refractivity contribution in [2.75, 3.05) is 26.7 Å². The molecule has 1 aliphatic rings. The Morgan fingerprint density at radius 1 is 1.60 bits per heavy atom. The zero-order chi connectivity index (χ0) is 11.4. The third-order valence-electron chi connectivity index (χ3n) is 3.13. The summed E-state index contributed by atoms with van der Waals surface area (Å²) in [6.45, 7) is 6.54. The Labute approximate surface area is 92.2 Å². The number of rotatable bonds is 4. The van der Waals surface area contributed by atoms with Gasteiger partial charge in [0.1, 0.15) is 0 Å². The molecule has 88 valence electrons. The van der Waals surface area contributed by atoms with E-state index in [0.717, 1.165) is 19.5 Å². The zero-order valence-electron chi connectivity index (χ0n) is 9.99. The second-order valence-corrected chi connectivity index (χ2v) is 4.84. The molecule has 1 heterocycles. The van der Waals surface area contributed by atoms with Gasteiger partial charge in [-0.1, -0.05) is 13.8 Å². The van der Waals surface area contributed by atoms with Gasteiger partial charge in [-0.3, -0.25) is 4.79 Å². The van der Waals surface area contributed by atoms with Gasteiger partial charge in [0.05, 0.1) is 5.92 Å². The van der Waals surface area contributed by atoms with Crippen molar-refractivity contribution in [1.82, 2.24) is 10.2 Å². The molecule has 15 heavy (non-hydrogen) atoms. The van der Waals surface area contributed by atoms with Gasteiger partial charge >= 0.3 is 0 Å². The predicted molar refractivity (Wildman–Crippen MR) is 61.4 cm³/mol. The fourth-order valence-electron chi connectivity index (χ4n) is 2.04. The summed E-state index contributed by atoms with van der Waals surface area (Å²) in [6, 6.07) is 0.315. The summed E-state index contributed by atoms with van der Waals surface area (Å²) in [5.74, 6) is 0.387. The fourth-order valence-corrected chi connectivity index (χ4v) is 2.04. The van der Waals surface area contributed by atoms with Crippen LogP contribution in [-0.4, -0.2) is 43.5 Å². The minimum Gasteiger partial charge on any atom is -0.352 e. The summed E-state index contributed by atoms with van der Waals surface area (Å²) in [4.78, 5) is 14.1. The molecule has 4 nitrogen and oxygen atoms in total. The Bertz CT molecular complexity index is 218. The molecule has 0 saturated carbocycles. The molecule has 3 N–H and O–H groups in total. The van der Waals surface area contributed by atoms with Crippen molar-refractivity contribution < 1.29 is 4.79 Å². The number of carbonyl (C=O) groups excluding carboxylic acids is 1. The lowest BCUT2D eigenvalue weighted by molar-refractivity contribution is -0.126. The highest BCUT2D eigenvalue weighted by Crippen LogP contribution is 2.12. The number of likely N-dealkylation sites (tertiary alicyclic amines) is 1. The number of likely N-dealkylation sites (N-methyl/N-ethyl adjacent to an activating group) is 1. The predicted octanol–water partition coefficient (Wildman–Crippen LogP) is 0.0376. The van der Waals surface area contributed by atoms with Crippen LogP contribution in [0.5, 0.6) is 0 Å². The molecule has 0 spiro atoms. The summed E-state index contributed by atoms with van der Waals surface area (Å²) >= 11 is 0. The average molecular weight is 213 g/mol. The van der Waals surface area contributed by atoms with E-state index in [9.17, 15) is 4.79 Å². The highest BCUT2D eigenvalue weighted by Gasteiger charge is 2.26. The molecule has 2 atom stereocenters. The first-order chi connectivity index (χ1) is 7.04. The van der Waals surface area contributed by atoms with Crippen LogP contribution in [0.3, 0.4) is 0 Å². The van der Waals surface area contributed by atoms with Crippen LogP contribution in [0.1, 0.15) is 20.3 Å². The van der Waals surface area contributed by atoms with Crippen LogP contribution in [-0.2, 0) is 4.79 Å². The summed E-state index contributed by atoms with van der Waals surface area (Å²) in [7, 11) is 2.08. The zero-order valence-corrected chi connectivity index (χ0v) is 9.99. The molecule has 0 aromatic carbocycles. The van der Waals surface area contributed by atoms with Crippen LogP contribution in [0.4, 0.5) is 0 Å². The van der Waals surface area contributed by atoms with Gasteiger partial charge in [0.15, 0.2) is 0 Å². The van der Waals surface area contributed by atoms with Crippen molar-refractivity contribution in [2.45, 2.75) is 26.3 Å². The largest absolute Gasteiger partial charge is 0.352 e. The van der Waals surface area contributed by atoms with Crippen LogP contribution in [0.15, 0.2) is 0 Å². The van der Waals surface area contributed by atoms with Crippen LogP contribution in [0.2, 0.25) is 0 Å². The molecule has 0 aromatic heterocycles. The fraction of sp³-hybridized carbons (Fsp3) is 0.909.